The number of aliphatic hydroxyl groups excluding tert-OH is 1. The van der Waals surface area contributed by atoms with E-state index < -0.39 is 0 Å². The van der Waals surface area contributed by atoms with Gasteiger partial charge in [-0.05, 0) is 20.3 Å². The highest BCUT2D eigenvalue weighted by atomic mass is 16.3. The maximum absolute atomic E-state index is 8.46. The van der Waals surface area contributed by atoms with Crippen LogP contribution in [-0.4, -0.2) is 23.8 Å². The van der Waals surface area contributed by atoms with Gasteiger partial charge in [-0.2, -0.15) is 0 Å². The maximum Gasteiger partial charge on any atom is 0.0556 e. The number of hydrogen-bond acceptors (Lipinski definition) is 2. The molecular weight excluding hydrogens is 114 g/mol. The lowest BCUT2D eigenvalue weighted by Gasteiger charge is -2.23. The van der Waals surface area contributed by atoms with Gasteiger partial charge in [0.15, 0.2) is 0 Å². The fraction of sp³-hybridized carbons (Fsp3) is 1.00. The van der Waals surface area contributed by atoms with Crippen molar-refractivity contribution >= 4 is 0 Å². The normalized spacial score (nSPS) is 12.0. The Hall–Kier alpha value is -0.0800. The molecule has 0 atom stereocenters. The van der Waals surface area contributed by atoms with Crippen molar-refractivity contribution < 1.29 is 5.11 Å². The van der Waals surface area contributed by atoms with Crippen molar-refractivity contribution in [2.45, 2.75) is 32.7 Å². The van der Waals surface area contributed by atoms with Gasteiger partial charge in [-0.1, -0.05) is 6.92 Å². The van der Waals surface area contributed by atoms with Crippen molar-refractivity contribution in [2.75, 3.05) is 13.2 Å². The van der Waals surface area contributed by atoms with Gasteiger partial charge in [0.2, 0.25) is 0 Å². The van der Waals surface area contributed by atoms with Crippen LogP contribution in [0, 0.1) is 0 Å². The third-order valence-electron chi connectivity index (χ3n) is 1.60. The molecule has 2 heteroatoms. The lowest BCUT2D eigenvalue weighted by molar-refractivity contribution is 0.263. The van der Waals surface area contributed by atoms with E-state index in [0.717, 1.165) is 6.42 Å². The van der Waals surface area contributed by atoms with E-state index in [1.807, 2.05) is 0 Å². The fourth-order valence-corrected chi connectivity index (χ4v) is 0.519. The highest BCUT2D eigenvalue weighted by molar-refractivity contribution is 4.74. The van der Waals surface area contributed by atoms with Crippen LogP contribution in [0.1, 0.15) is 27.2 Å². The van der Waals surface area contributed by atoms with Crippen LogP contribution in [0.3, 0.4) is 0 Å². The van der Waals surface area contributed by atoms with Gasteiger partial charge in [0.1, 0.15) is 0 Å². The summed E-state index contributed by atoms with van der Waals surface area (Å²) in [6.07, 6.45) is 1.09. The molecule has 56 valence electrons. The molecular formula is C7H17NO. The van der Waals surface area contributed by atoms with Crippen LogP contribution in [0.2, 0.25) is 0 Å². The van der Waals surface area contributed by atoms with Crippen molar-refractivity contribution in [3.05, 3.63) is 0 Å². The van der Waals surface area contributed by atoms with Crippen LogP contribution >= 0.6 is 0 Å². The predicted octanol–water partition coefficient (Wildman–Crippen LogP) is 0.757. The van der Waals surface area contributed by atoms with Gasteiger partial charge < -0.3 is 10.4 Å². The first-order valence-corrected chi connectivity index (χ1v) is 3.48. The average molecular weight is 131 g/mol. The first kappa shape index (κ1) is 8.92. The third kappa shape index (κ3) is 4.43. The molecule has 0 saturated carbocycles. The molecule has 0 radical (unpaired) electrons. The lowest BCUT2D eigenvalue weighted by Crippen LogP contribution is -2.40. The minimum Gasteiger partial charge on any atom is -0.395 e. The van der Waals surface area contributed by atoms with Crippen LogP contribution < -0.4 is 5.32 Å². The van der Waals surface area contributed by atoms with E-state index in [1.54, 1.807) is 0 Å². The molecule has 9 heavy (non-hydrogen) atoms. The molecule has 0 rings (SSSR count). The van der Waals surface area contributed by atoms with Gasteiger partial charge in [-0.15, -0.1) is 0 Å². The molecule has 0 aromatic carbocycles. The Kier molecular flexibility index (Phi) is 3.82. The molecule has 2 nitrogen and oxygen atoms in total. The highest BCUT2D eigenvalue weighted by Gasteiger charge is 2.11. The molecule has 0 aliphatic carbocycles. The van der Waals surface area contributed by atoms with E-state index >= 15 is 0 Å². The van der Waals surface area contributed by atoms with Crippen LogP contribution in [0.15, 0.2) is 0 Å². The van der Waals surface area contributed by atoms with Crippen LogP contribution in [0.25, 0.3) is 0 Å². The molecule has 0 aliphatic rings. The Bertz CT molecular complexity index is 71.3. The lowest BCUT2D eigenvalue weighted by atomic mass is 10.0. The number of aliphatic hydroxyl groups is 1. The summed E-state index contributed by atoms with van der Waals surface area (Å²) >= 11 is 0. The van der Waals surface area contributed by atoms with Crippen LogP contribution in [0.5, 0.6) is 0 Å². The highest BCUT2D eigenvalue weighted by Crippen LogP contribution is 2.05. The van der Waals surface area contributed by atoms with E-state index in [9.17, 15) is 0 Å². The first-order chi connectivity index (χ1) is 4.12. The second-order valence-corrected chi connectivity index (χ2v) is 2.89. The second kappa shape index (κ2) is 3.85. The zero-order chi connectivity index (χ0) is 7.33. The standard InChI is InChI=1S/C7H17NO/c1-4-7(2,3)8-5-6-9/h8-9H,4-6H2,1-3H3. The SMILES string of the molecule is CCC(C)(C)NCCO. The van der Waals surface area contributed by atoms with Crippen LogP contribution in [0.4, 0.5) is 0 Å². The molecule has 0 heterocycles. The summed E-state index contributed by atoms with van der Waals surface area (Å²) in [4.78, 5) is 0. The Morgan fingerprint density at radius 2 is 2.00 bits per heavy atom. The molecule has 0 bridgehead atoms. The zero-order valence-electron chi connectivity index (χ0n) is 6.57. The average Bonchev–Trinajstić information content (AvgIpc) is 1.84. The summed E-state index contributed by atoms with van der Waals surface area (Å²) in [7, 11) is 0. The van der Waals surface area contributed by atoms with Gasteiger partial charge in [0.05, 0.1) is 6.61 Å². The molecule has 0 spiro atoms. The number of nitrogens with one attached hydrogen (secondary N) is 1. The van der Waals surface area contributed by atoms with Gasteiger partial charge in [-0.3, -0.25) is 0 Å². The molecule has 0 amide bonds. The van der Waals surface area contributed by atoms with Crippen molar-refractivity contribution in [3.63, 3.8) is 0 Å². The Morgan fingerprint density at radius 3 is 2.33 bits per heavy atom. The van der Waals surface area contributed by atoms with E-state index in [4.69, 9.17) is 5.11 Å². The van der Waals surface area contributed by atoms with E-state index in [0.29, 0.717) is 6.54 Å². The molecule has 0 unspecified atom stereocenters. The molecule has 0 fully saturated rings. The Balaban J connectivity index is 3.33. The van der Waals surface area contributed by atoms with Gasteiger partial charge in [0, 0.05) is 12.1 Å². The van der Waals surface area contributed by atoms with E-state index in [2.05, 4.69) is 26.1 Å². The van der Waals surface area contributed by atoms with Gasteiger partial charge >= 0.3 is 0 Å². The summed E-state index contributed by atoms with van der Waals surface area (Å²) in [5, 5.41) is 11.7. The predicted molar refractivity (Wildman–Crippen MR) is 39.5 cm³/mol. The zero-order valence-corrected chi connectivity index (χ0v) is 6.57. The van der Waals surface area contributed by atoms with Gasteiger partial charge in [0.25, 0.3) is 0 Å². The summed E-state index contributed by atoms with van der Waals surface area (Å²) < 4.78 is 0. The smallest absolute Gasteiger partial charge is 0.0556 e. The summed E-state index contributed by atoms with van der Waals surface area (Å²) in [5.74, 6) is 0. The summed E-state index contributed by atoms with van der Waals surface area (Å²) in [5.41, 5.74) is 0.183. The summed E-state index contributed by atoms with van der Waals surface area (Å²) in [6.45, 7) is 7.31. The molecule has 2 N–H and O–H groups in total. The number of hydrogen-bond donors (Lipinski definition) is 2. The second-order valence-electron chi connectivity index (χ2n) is 2.89. The number of β-amino-alcohol motifs (C(OH)–C–C–N with tert-alkyl or cyclic N) is 1. The van der Waals surface area contributed by atoms with Gasteiger partial charge in [-0.25, -0.2) is 0 Å². The van der Waals surface area contributed by atoms with Crippen LogP contribution in [-0.2, 0) is 0 Å². The quantitative estimate of drug-likeness (QED) is 0.590. The van der Waals surface area contributed by atoms with Crippen molar-refractivity contribution in [3.8, 4) is 0 Å². The minimum atomic E-state index is 0.183. The summed E-state index contributed by atoms with van der Waals surface area (Å²) in [6, 6.07) is 0. The van der Waals surface area contributed by atoms with E-state index in [-0.39, 0.29) is 12.1 Å². The third-order valence-corrected chi connectivity index (χ3v) is 1.60. The first-order valence-electron chi connectivity index (χ1n) is 3.48. The Labute approximate surface area is 57.3 Å². The van der Waals surface area contributed by atoms with Crippen molar-refractivity contribution in [1.82, 2.24) is 5.32 Å². The fourth-order valence-electron chi connectivity index (χ4n) is 0.519. The van der Waals surface area contributed by atoms with E-state index in [1.165, 1.54) is 0 Å². The number of rotatable bonds is 4. The molecule has 0 aromatic rings. The largest absolute Gasteiger partial charge is 0.395 e. The maximum atomic E-state index is 8.46. The van der Waals surface area contributed by atoms with Crippen molar-refractivity contribution in [1.29, 1.82) is 0 Å². The monoisotopic (exact) mass is 131 g/mol. The molecule has 0 aliphatic heterocycles. The molecule has 0 aromatic heterocycles. The molecule has 0 saturated heterocycles. The Morgan fingerprint density at radius 1 is 1.44 bits per heavy atom. The van der Waals surface area contributed by atoms with Crippen molar-refractivity contribution in [2.24, 2.45) is 0 Å². The topological polar surface area (TPSA) is 32.3 Å². The minimum absolute atomic E-state index is 0.183.